The highest BCUT2D eigenvalue weighted by molar-refractivity contribution is 4.81. The molecule has 2 heteroatoms. The van der Waals surface area contributed by atoms with Gasteiger partial charge in [-0.2, -0.15) is 0 Å². The second-order valence-electron chi connectivity index (χ2n) is 6.00. The number of hydrogen-bond acceptors (Lipinski definition) is 2. The van der Waals surface area contributed by atoms with Gasteiger partial charge in [0.15, 0.2) is 0 Å². The van der Waals surface area contributed by atoms with Crippen molar-refractivity contribution in [2.24, 2.45) is 17.6 Å². The summed E-state index contributed by atoms with van der Waals surface area (Å²) in [5.41, 5.74) is 5.97. The molecular formula is C14H28N2. The Hall–Kier alpha value is -0.0800. The average molecular weight is 224 g/mol. The number of rotatable bonds is 4. The lowest BCUT2D eigenvalue weighted by molar-refractivity contribution is 0.257. The van der Waals surface area contributed by atoms with E-state index in [0.717, 1.165) is 11.8 Å². The third kappa shape index (κ3) is 3.46. The molecule has 2 nitrogen and oxygen atoms in total. The van der Waals surface area contributed by atoms with E-state index in [2.05, 4.69) is 11.8 Å². The topological polar surface area (TPSA) is 29.3 Å². The first kappa shape index (κ1) is 12.4. The van der Waals surface area contributed by atoms with Gasteiger partial charge in [-0.25, -0.2) is 0 Å². The van der Waals surface area contributed by atoms with Gasteiger partial charge in [-0.05, 0) is 44.7 Å². The third-order valence-electron chi connectivity index (χ3n) is 4.63. The van der Waals surface area contributed by atoms with E-state index in [1.54, 1.807) is 0 Å². The maximum absolute atomic E-state index is 5.97. The quantitative estimate of drug-likeness (QED) is 0.795. The van der Waals surface area contributed by atoms with Gasteiger partial charge >= 0.3 is 0 Å². The molecule has 16 heavy (non-hydrogen) atoms. The van der Waals surface area contributed by atoms with Crippen LogP contribution in [-0.2, 0) is 0 Å². The lowest BCUT2D eigenvalue weighted by Crippen LogP contribution is -2.30. The molecule has 0 aromatic carbocycles. The Balaban J connectivity index is 1.63. The summed E-state index contributed by atoms with van der Waals surface area (Å²) in [5.74, 6) is 1.79. The Bertz CT molecular complexity index is 197. The van der Waals surface area contributed by atoms with Crippen LogP contribution in [0.15, 0.2) is 0 Å². The molecule has 1 saturated heterocycles. The first-order chi connectivity index (χ1) is 7.75. The molecule has 1 saturated carbocycles. The Morgan fingerprint density at radius 1 is 1.19 bits per heavy atom. The van der Waals surface area contributed by atoms with Gasteiger partial charge in [-0.15, -0.1) is 0 Å². The largest absolute Gasteiger partial charge is 0.328 e. The molecule has 0 bridgehead atoms. The molecule has 0 spiro atoms. The minimum Gasteiger partial charge on any atom is -0.328 e. The van der Waals surface area contributed by atoms with Gasteiger partial charge in [0.1, 0.15) is 0 Å². The van der Waals surface area contributed by atoms with Crippen molar-refractivity contribution in [1.82, 2.24) is 4.90 Å². The van der Waals surface area contributed by atoms with Gasteiger partial charge in [0.25, 0.3) is 0 Å². The predicted molar refractivity (Wildman–Crippen MR) is 69.4 cm³/mol. The first-order valence-corrected chi connectivity index (χ1v) is 7.23. The highest BCUT2D eigenvalue weighted by Gasteiger charge is 2.25. The summed E-state index contributed by atoms with van der Waals surface area (Å²) in [4.78, 5) is 2.64. The van der Waals surface area contributed by atoms with Crippen molar-refractivity contribution < 1.29 is 0 Å². The van der Waals surface area contributed by atoms with Crippen molar-refractivity contribution >= 4 is 0 Å². The zero-order valence-electron chi connectivity index (χ0n) is 10.8. The summed E-state index contributed by atoms with van der Waals surface area (Å²) in [6, 6.07) is 0.389. The molecule has 1 heterocycles. The molecule has 0 aromatic heterocycles. The molecule has 94 valence electrons. The van der Waals surface area contributed by atoms with E-state index >= 15 is 0 Å². The van der Waals surface area contributed by atoms with E-state index in [4.69, 9.17) is 5.73 Å². The highest BCUT2D eigenvalue weighted by Crippen LogP contribution is 2.27. The Morgan fingerprint density at radius 2 is 1.94 bits per heavy atom. The number of hydrogen-bond donors (Lipinski definition) is 1. The number of nitrogens with two attached hydrogens (primary N) is 1. The van der Waals surface area contributed by atoms with Crippen molar-refractivity contribution in [1.29, 1.82) is 0 Å². The minimum atomic E-state index is 0.389. The van der Waals surface area contributed by atoms with Crippen LogP contribution in [0, 0.1) is 11.8 Å². The summed E-state index contributed by atoms with van der Waals surface area (Å²) in [5, 5.41) is 0. The highest BCUT2D eigenvalue weighted by atomic mass is 15.1. The fourth-order valence-corrected chi connectivity index (χ4v) is 3.34. The van der Waals surface area contributed by atoms with Gasteiger partial charge in [-0.3, -0.25) is 0 Å². The summed E-state index contributed by atoms with van der Waals surface area (Å²) < 4.78 is 0. The number of nitrogens with zero attached hydrogens (tertiary/aromatic N) is 1. The molecule has 2 aliphatic rings. The van der Waals surface area contributed by atoms with Crippen LogP contribution in [0.4, 0.5) is 0 Å². The van der Waals surface area contributed by atoms with E-state index < -0.39 is 0 Å². The Morgan fingerprint density at radius 3 is 2.56 bits per heavy atom. The number of likely N-dealkylation sites (tertiary alicyclic amines) is 1. The van der Waals surface area contributed by atoms with Crippen molar-refractivity contribution in [3.05, 3.63) is 0 Å². The summed E-state index contributed by atoms with van der Waals surface area (Å²) in [6.45, 7) is 6.03. The maximum Gasteiger partial charge on any atom is 0.00514 e. The molecule has 2 fully saturated rings. The monoisotopic (exact) mass is 224 g/mol. The van der Waals surface area contributed by atoms with E-state index in [9.17, 15) is 0 Å². The van der Waals surface area contributed by atoms with Gasteiger partial charge in [0, 0.05) is 12.6 Å². The zero-order chi connectivity index (χ0) is 11.4. The Labute approximate surface area is 101 Å². The summed E-state index contributed by atoms with van der Waals surface area (Å²) >= 11 is 0. The van der Waals surface area contributed by atoms with E-state index in [1.165, 1.54) is 64.6 Å². The smallest absolute Gasteiger partial charge is 0.00514 e. The standard InChI is InChI=1S/C14H28N2/c1-12(15)14-8-10-16(11-14)9-7-13-5-3-2-4-6-13/h12-14H,2-11,15H2,1H3. The molecule has 0 aromatic rings. The lowest BCUT2D eigenvalue weighted by Gasteiger charge is -2.24. The van der Waals surface area contributed by atoms with E-state index in [-0.39, 0.29) is 0 Å². The van der Waals surface area contributed by atoms with E-state index in [1.807, 2.05) is 0 Å². The Kier molecular flexibility index (Phi) is 4.66. The van der Waals surface area contributed by atoms with Crippen LogP contribution in [0.5, 0.6) is 0 Å². The van der Waals surface area contributed by atoms with Gasteiger partial charge < -0.3 is 10.6 Å². The average Bonchev–Trinajstić information content (AvgIpc) is 2.76. The molecule has 1 aliphatic carbocycles. The van der Waals surface area contributed by atoms with Crippen LogP contribution in [0.3, 0.4) is 0 Å². The third-order valence-corrected chi connectivity index (χ3v) is 4.63. The summed E-state index contributed by atoms with van der Waals surface area (Å²) in [7, 11) is 0. The van der Waals surface area contributed by atoms with Gasteiger partial charge in [-0.1, -0.05) is 32.1 Å². The normalized spacial score (nSPS) is 30.8. The minimum absolute atomic E-state index is 0.389. The maximum atomic E-state index is 5.97. The first-order valence-electron chi connectivity index (χ1n) is 7.23. The molecule has 0 amide bonds. The van der Waals surface area contributed by atoms with Crippen molar-refractivity contribution in [3.8, 4) is 0 Å². The zero-order valence-corrected chi connectivity index (χ0v) is 10.8. The van der Waals surface area contributed by atoms with Gasteiger partial charge in [0.05, 0.1) is 0 Å². The predicted octanol–water partition coefficient (Wildman–Crippen LogP) is 2.63. The molecular weight excluding hydrogens is 196 g/mol. The second-order valence-corrected chi connectivity index (χ2v) is 6.00. The lowest BCUT2D eigenvalue weighted by atomic mass is 9.87. The van der Waals surface area contributed by atoms with Crippen LogP contribution in [0.1, 0.15) is 51.9 Å². The SMILES string of the molecule is CC(N)C1CCN(CCC2CCCCC2)C1. The molecule has 1 aliphatic heterocycles. The fourth-order valence-electron chi connectivity index (χ4n) is 3.34. The van der Waals surface area contributed by atoms with Crippen LogP contribution < -0.4 is 5.73 Å². The van der Waals surface area contributed by atoms with E-state index in [0.29, 0.717) is 6.04 Å². The molecule has 2 N–H and O–H groups in total. The molecule has 2 atom stereocenters. The molecule has 2 rings (SSSR count). The molecule has 0 radical (unpaired) electrons. The van der Waals surface area contributed by atoms with Crippen LogP contribution >= 0.6 is 0 Å². The molecule has 2 unspecified atom stereocenters. The van der Waals surface area contributed by atoms with Crippen LogP contribution in [-0.4, -0.2) is 30.6 Å². The van der Waals surface area contributed by atoms with Crippen molar-refractivity contribution in [2.45, 2.75) is 57.9 Å². The van der Waals surface area contributed by atoms with Crippen LogP contribution in [0.2, 0.25) is 0 Å². The van der Waals surface area contributed by atoms with Crippen LogP contribution in [0.25, 0.3) is 0 Å². The van der Waals surface area contributed by atoms with Gasteiger partial charge in [0.2, 0.25) is 0 Å². The fraction of sp³-hybridized carbons (Fsp3) is 1.00. The summed E-state index contributed by atoms with van der Waals surface area (Å²) in [6.07, 6.45) is 10.2. The second kappa shape index (κ2) is 6.02. The van der Waals surface area contributed by atoms with Crippen molar-refractivity contribution in [3.63, 3.8) is 0 Å². The van der Waals surface area contributed by atoms with Crippen molar-refractivity contribution in [2.75, 3.05) is 19.6 Å².